The molecule has 1 saturated heterocycles. The first-order valence-corrected chi connectivity index (χ1v) is 5.09. The highest BCUT2D eigenvalue weighted by atomic mass is 16.4. The molecular weight excluding hydrogens is 194 g/mol. The summed E-state index contributed by atoms with van der Waals surface area (Å²) in [6, 6.07) is 0.885. The van der Waals surface area contributed by atoms with Crippen LogP contribution in [-0.4, -0.2) is 44.9 Å². The summed E-state index contributed by atoms with van der Waals surface area (Å²) in [5, 5.41) is 12.8. The van der Waals surface area contributed by atoms with Gasteiger partial charge in [0.1, 0.15) is 0 Å². The van der Waals surface area contributed by atoms with Gasteiger partial charge in [-0.3, -0.25) is 9.58 Å². The van der Waals surface area contributed by atoms with Crippen LogP contribution in [0.1, 0.15) is 30.2 Å². The average molecular weight is 209 g/mol. The van der Waals surface area contributed by atoms with Crippen LogP contribution in [0.4, 0.5) is 0 Å². The molecule has 1 fully saturated rings. The molecule has 0 aromatic carbocycles. The minimum Gasteiger partial charge on any atom is -0.478 e. The summed E-state index contributed by atoms with van der Waals surface area (Å²) in [7, 11) is 0. The molecule has 1 aliphatic heterocycles. The predicted octanol–water partition coefficient (Wildman–Crippen LogP) is 0.846. The smallest absolute Gasteiger partial charge is 0.338 e. The van der Waals surface area contributed by atoms with Crippen molar-refractivity contribution >= 4 is 5.97 Å². The largest absolute Gasteiger partial charge is 0.478 e. The van der Waals surface area contributed by atoms with Crippen LogP contribution in [0.3, 0.4) is 0 Å². The van der Waals surface area contributed by atoms with Crippen molar-refractivity contribution in [3.05, 3.63) is 18.0 Å². The molecule has 0 atom stereocenters. The second kappa shape index (κ2) is 3.66. The third kappa shape index (κ3) is 1.87. The van der Waals surface area contributed by atoms with E-state index in [9.17, 15) is 4.79 Å². The van der Waals surface area contributed by atoms with Crippen molar-refractivity contribution in [2.45, 2.75) is 25.9 Å². The van der Waals surface area contributed by atoms with E-state index in [0.717, 1.165) is 13.1 Å². The minimum absolute atomic E-state index is 0.262. The Kier molecular flexibility index (Phi) is 2.48. The summed E-state index contributed by atoms with van der Waals surface area (Å²) >= 11 is 0. The van der Waals surface area contributed by atoms with E-state index in [1.165, 1.54) is 6.20 Å². The normalized spacial score (nSPS) is 18.1. The maximum absolute atomic E-state index is 10.7. The molecule has 1 aromatic heterocycles. The highest BCUT2D eigenvalue weighted by Gasteiger charge is 2.30. The molecule has 2 heterocycles. The standard InChI is InChI=1S/C10H15N3O2/c1-7(2)12-5-9(6-12)13-4-8(3-11-13)10(14)15/h3-4,7,9H,5-6H2,1-2H3,(H,14,15). The Balaban J connectivity index is 1.98. The number of aromatic nitrogens is 2. The molecule has 0 spiro atoms. The summed E-state index contributed by atoms with van der Waals surface area (Å²) in [4.78, 5) is 13.0. The molecule has 0 aliphatic carbocycles. The molecule has 5 heteroatoms. The zero-order valence-corrected chi connectivity index (χ0v) is 8.92. The fourth-order valence-electron chi connectivity index (χ4n) is 1.73. The van der Waals surface area contributed by atoms with Crippen molar-refractivity contribution in [2.75, 3.05) is 13.1 Å². The molecule has 0 amide bonds. The van der Waals surface area contributed by atoms with E-state index in [1.807, 2.05) is 0 Å². The highest BCUT2D eigenvalue weighted by Crippen LogP contribution is 2.22. The molecule has 82 valence electrons. The van der Waals surface area contributed by atoms with Gasteiger partial charge >= 0.3 is 5.97 Å². The van der Waals surface area contributed by atoms with Crippen LogP contribution in [0.25, 0.3) is 0 Å². The van der Waals surface area contributed by atoms with Gasteiger partial charge in [-0.15, -0.1) is 0 Å². The fraction of sp³-hybridized carbons (Fsp3) is 0.600. The van der Waals surface area contributed by atoms with Crippen molar-refractivity contribution in [3.63, 3.8) is 0 Å². The molecule has 1 aromatic rings. The van der Waals surface area contributed by atoms with E-state index in [4.69, 9.17) is 5.11 Å². The first kappa shape index (κ1) is 10.2. The van der Waals surface area contributed by atoms with E-state index in [1.54, 1.807) is 10.9 Å². The van der Waals surface area contributed by atoms with E-state index in [0.29, 0.717) is 12.1 Å². The van der Waals surface area contributed by atoms with E-state index in [2.05, 4.69) is 23.8 Å². The number of hydrogen-bond acceptors (Lipinski definition) is 3. The summed E-state index contributed by atoms with van der Waals surface area (Å²) in [5.74, 6) is -0.915. The monoisotopic (exact) mass is 209 g/mol. The van der Waals surface area contributed by atoms with Crippen molar-refractivity contribution < 1.29 is 9.90 Å². The molecule has 0 saturated carbocycles. The number of aromatic carboxylic acids is 1. The van der Waals surface area contributed by atoms with Crippen LogP contribution in [0.15, 0.2) is 12.4 Å². The predicted molar refractivity (Wildman–Crippen MR) is 54.9 cm³/mol. The van der Waals surface area contributed by atoms with Crippen LogP contribution < -0.4 is 0 Å². The summed E-state index contributed by atoms with van der Waals surface area (Å²) in [6.45, 7) is 6.22. The lowest BCUT2D eigenvalue weighted by Gasteiger charge is -2.41. The molecule has 5 nitrogen and oxygen atoms in total. The van der Waals surface area contributed by atoms with Gasteiger partial charge in [0.05, 0.1) is 17.8 Å². The lowest BCUT2D eigenvalue weighted by Crippen LogP contribution is -2.50. The van der Waals surface area contributed by atoms with Crippen molar-refractivity contribution in [1.29, 1.82) is 0 Å². The molecule has 1 aliphatic rings. The Morgan fingerprint density at radius 3 is 2.73 bits per heavy atom. The van der Waals surface area contributed by atoms with E-state index in [-0.39, 0.29) is 5.56 Å². The van der Waals surface area contributed by atoms with Crippen molar-refractivity contribution in [2.24, 2.45) is 0 Å². The van der Waals surface area contributed by atoms with E-state index >= 15 is 0 Å². The molecule has 0 radical (unpaired) electrons. The van der Waals surface area contributed by atoms with Crippen LogP contribution in [-0.2, 0) is 0 Å². The third-order valence-electron chi connectivity index (χ3n) is 2.84. The van der Waals surface area contributed by atoms with Gasteiger partial charge in [-0.05, 0) is 13.8 Å². The van der Waals surface area contributed by atoms with Gasteiger partial charge in [-0.25, -0.2) is 4.79 Å². The second-order valence-electron chi connectivity index (χ2n) is 4.22. The van der Waals surface area contributed by atoms with Crippen LogP contribution in [0, 0.1) is 0 Å². The maximum Gasteiger partial charge on any atom is 0.338 e. The van der Waals surface area contributed by atoms with Gasteiger partial charge < -0.3 is 5.11 Å². The molecule has 15 heavy (non-hydrogen) atoms. The summed E-state index contributed by atoms with van der Waals surface area (Å²) in [6.07, 6.45) is 3.00. The van der Waals surface area contributed by atoms with Crippen molar-refractivity contribution in [1.82, 2.24) is 14.7 Å². The summed E-state index contributed by atoms with van der Waals surface area (Å²) in [5.41, 5.74) is 0.262. The lowest BCUT2D eigenvalue weighted by molar-refractivity contribution is 0.0663. The van der Waals surface area contributed by atoms with E-state index < -0.39 is 5.97 Å². The maximum atomic E-state index is 10.7. The zero-order valence-electron chi connectivity index (χ0n) is 8.92. The number of carboxylic acid groups (broad SMARTS) is 1. The average Bonchev–Trinajstić information content (AvgIpc) is 2.49. The molecule has 2 rings (SSSR count). The van der Waals surface area contributed by atoms with Crippen LogP contribution >= 0.6 is 0 Å². The molecule has 0 bridgehead atoms. The van der Waals surface area contributed by atoms with Gasteiger partial charge in [0, 0.05) is 25.3 Å². The van der Waals surface area contributed by atoms with Gasteiger partial charge in [0.2, 0.25) is 0 Å². The first-order valence-electron chi connectivity index (χ1n) is 5.09. The van der Waals surface area contributed by atoms with Gasteiger partial charge in [0.15, 0.2) is 0 Å². The van der Waals surface area contributed by atoms with Crippen LogP contribution in [0.2, 0.25) is 0 Å². The lowest BCUT2D eigenvalue weighted by atomic mass is 10.1. The number of nitrogens with zero attached hydrogens (tertiary/aromatic N) is 3. The Bertz CT molecular complexity index is 366. The second-order valence-corrected chi connectivity index (χ2v) is 4.22. The summed E-state index contributed by atoms with van der Waals surface area (Å²) < 4.78 is 1.75. The van der Waals surface area contributed by atoms with Crippen LogP contribution in [0.5, 0.6) is 0 Å². The number of carboxylic acids is 1. The minimum atomic E-state index is -0.915. The quantitative estimate of drug-likeness (QED) is 0.801. The van der Waals surface area contributed by atoms with Gasteiger partial charge in [-0.2, -0.15) is 5.10 Å². The van der Waals surface area contributed by atoms with Gasteiger partial charge in [0.25, 0.3) is 0 Å². The number of rotatable bonds is 3. The first-order chi connectivity index (χ1) is 7.08. The molecular formula is C10H15N3O2. The number of carbonyl (C=O) groups is 1. The number of hydrogen-bond donors (Lipinski definition) is 1. The molecule has 1 N–H and O–H groups in total. The highest BCUT2D eigenvalue weighted by molar-refractivity contribution is 5.86. The Morgan fingerprint density at radius 1 is 1.60 bits per heavy atom. The Labute approximate surface area is 88.3 Å². The zero-order chi connectivity index (χ0) is 11.0. The molecule has 0 unspecified atom stereocenters. The fourth-order valence-corrected chi connectivity index (χ4v) is 1.73. The van der Waals surface area contributed by atoms with Gasteiger partial charge in [-0.1, -0.05) is 0 Å². The number of likely N-dealkylation sites (tertiary alicyclic amines) is 1. The van der Waals surface area contributed by atoms with Crippen molar-refractivity contribution in [3.8, 4) is 0 Å². The SMILES string of the molecule is CC(C)N1CC(n2cc(C(=O)O)cn2)C1. The Hall–Kier alpha value is -1.36. The topological polar surface area (TPSA) is 58.4 Å². The third-order valence-corrected chi connectivity index (χ3v) is 2.84. The Morgan fingerprint density at radius 2 is 2.27 bits per heavy atom.